The highest BCUT2D eigenvalue weighted by molar-refractivity contribution is 7.10. The summed E-state index contributed by atoms with van der Waals surface area (Å²) >= 11 is 1.57. The van der Waals surface area contributed by atoms with Crippen LogP contribution in [0.25, 0.3) is 0 Å². The van der Waals surface area contributed by atoms with Crippen molar-refractivity contribution in [3.8, 4) is 0 Å². The van der Waals surface area contributed by atoms with Crippen LogP contribution in [0.4, 0.5) is 0 Å². The molecule has 21 heavy (non-hydrogen) atoms. The molecule has 1 N–H and O–H groups in total. The lowest BCUT2D eigenvalue weighted by Gasteiger charge is -2.12. The fourth-order valence-corrected chi connectivity index (χ4v) is 2.61. The number of hydrogen-bond acceptors (Lipinski definition) is 4. The van der Waals surface area contributed by atoms with Gasteiger partial charge in [0.15, 0.2) is 6.61 Å². The lowest BCUT2D eigenvalue weighted by Crippen LogP contribution is -2.30. The highest BCUT2D eigenvalue weighted by Crippen LogP contribution is 2.17. The van der Waals surface area contributed by atoms with E-state index >= 15 is 0 Å². The second-order valence-electron chi connectivity index (χ2n) is 4.75. The lowest BCUT2D eigenvalue weighted by atomic mass is 10.1. The Morgan fingerprint density at radius 3 is 2.76 bits per heavy atom. The summed E-state index contributed by atoms with van der Waals surface area (Å²) in [6, 6.07) is 10.9. The van der Waals surface area contributed by atoms with E-state index in [4.69, 9.17) is 4.74 Å². The summed E-state index contributed by atoms with van der Waals surface area (Å²) in [4.78, 5) is 24.6. The first kappa shape index (κ1) is 15.3. The van der Waals surface area contributed by atoms with Gasteiger partial charge in [-0.05, 0) is 37.4 Å². The molecule has 0 unspecified atom stereocenters. The minimum Gasteiger partial charge on any atom is -0.452 e. The monoisotopic (exact) mass is 303 g/mol. The van der Waals surface area contributed by atoms with Gasteiger partial charge in [-0.3, -0.25) is 4.79 Å². The molecule has 0 fully saturated rings. The number of thiophene rings is 1. The number of carbonyl (C=O) groups is 2. The normalized spacial score (nSPS) is 11.7. The van der Waals surface area contributed by atoms with Crippen LogP contribution in [-0.4, -0.2) is 18.5 Å². The van der Waals surface area contributed by atoms with Gasteiger partial charge in [0.2, 0.25) is 0 Å². The maximum atomic E-state index is 11.8. The zero-order chi connectivity index (χ0) is 15.2. The average Bonchev–Trinajstić information content (AvgIpc) is 2.99. The predicted molar refractivity (Wildman–Crippen MR) is 82.3 cm³/mol. The smallest absolute Gasteiger partial charge is 0.338 e. The molecule has 110 valence electrons. The summed E-state index contributed by atoms with van der Waals surface area (Å²) in [6.07, 6.45) is 0. The van der Waals surface area contributed by atoms with E-state index in [1.807, 2.05) is 37.4 Å². The van der Waals surface area contributed by atoms with Crippen LogP contribution in [-0.2, 0) is 9.53 Å². The molecule has 0 saturated carbocycles. The molecule has 1 atom stereocenters. The summed E-state index contributed by atoms with van der Waals surface area (Å²) in [7, 11) is 0. The number of carbonyl (C=O) groups excluding carboxylic acids is 2. The Morgan fingerprint density at radius 2 is 2.10 bits per heavy atom. The summed E-state index contributed by atoms with van der Waals surface area (Å²) in [5, 5.41) is 4.75. The minimum atomic E-state index is -0.488. The van der Waals surface area contributed by atoms with E-state index in [2.05, 4.69) is 5.32 Å². The molecular formula is C16H17NO3S. The van der Waals surface area contributed by atoms with Crippen LogP contribution in [0.2, 0.25) is 0 Å². The molecule has 2 aromatic rings. The van der Waals surface area contributed by atoms with E-state index in [0.717, 1.165) is 10.4 Å². The highest BCUT2D eigenvalue weighted by Gasteiger charge is 2.13. The maximum absolute atomic E-state index is 11.8. The zero-order valence-corrected chi connectivity index (χ0v) is 12.8. The quantitative estimate of drug-likeness (QED) is 0.864. The number of aryl methyl sites for hydroxylation is 1. The van der Waals surface area contributed by atoms with Crippen LogP contribution in [0.1, 0.15) is 33.8 Å². The topological polar surface area (TPSA) is 55.4 Å². The van der Waals surface area contributed by atoms with Crippen molar-refractivity contribution in [1.82, 2.24) is 5.32 Å². The van der Waals surface area contributed by atoms with Gasteiger partial charge in [-0.15, -0.1) is 11.3 Å². The fourth-order valence-electron chi connectivity index (χ4n) is 1.88. The Balaban J connectivity index is 1.82. The molecule has 0 aliphatic heterocycles. The second-order valence-corrected chi connectivity index (χ2v) is 5.73. The summed E-state index contributed by atoms with van der Waals surface area (Å²) in [5.74, 6) is -0.797. The summed E-state index contributed by atoms with van der Waals surface area (Å²) in [6.45, 7) is 3.51. The zero-order valence-electron chi connectivity index (χ0n) is 12.0. The van der Waals surface area contributed by atoms with Crippen molar-refractivity contribution in [2.75, 3.05) is 6.61 Å². The van der Waals surface area contributed by atoms with Crippen LogP contribution in [0, 0.1) is 6.92 Å². The Kier molecular flexibility index (Phi) is 5.11. The van der Waals surface area contributed by atoms with E-state index < -0.39 is 5.97 Å². The number of benzene rings is 1. The van der Waals surface area contributed by atoms with Crippen molar-refractivity contribution in [3.05, 3.63) is 57.8 Å². The van der Waals surface area contributed by atoms with Crippen LogP contribution in [0.5, 0.6) is 0 Å². The molecule has 0 bridgehead atoms. The van der Waals surface area contributed by atoms with Gasteiger partial charge >= 0.3 is 5.97 Å². The summed E-state index contributed by atoms with van der Waals surface area (Å²) in [5.41, 5.74) is 1.43. The van der Waals surface area contributed by atoms with Gasteiger partial charge in [0, 0.05) is 4.88 Å². The molecule has 2 rings (SSSR count). The van der Waals surface area contributed by atoms with Crippen LogP contribution in [0.3, 0.4) is 0 Å². The first-order valence-electron chi connectivity index (χ1n) is 6.63. The number of amides is 1. The van der Waals surface area contributed by atoms with Crippen LogP contribution >= 0.6 is 11.3 Å². The number of nitrogens with one attached hydrogen (secondary N) is 1. The molecule has 1 aromatic carbocycles. The van der Waals surface area contributed by atoms with E-state index in [0.29, 0.717) is 5.56 Å². The molecule has 1 amide bonds. The molecule has 1 aromatic heterocycles. The predicted octanol–water partition coefficient (Wildman–Crippen LogP) is 3.09. The van der Waals surface area contributed by atoms with E-state index in [1.54, 1.807) is 29.5 Å². The van der Waals surface area contributed by atoms with Crippen LogP contribution in [0.15, 0.2) is 41.8 Å². The Morgan fingerprint density at radius 1 is 1.29 bits per heavy atom. The van der Waals surface area contributed by atoms with Gasteiger partial charge in [-0.1, -0.05) is 23.8 Å². The third-order valence-corrected chi connectivity index (χ3v) is 3.99. The fraction of sp³-hybridized carbons (Fsp3) is 0.250. The molecule has 4 nitrogen and oxygen atoms in total. The first-order chi connectivity index (χ1) is 10.1. The molecule has 0 saturated heterocycles. The Hall–Kier alpha value is -2.14. The lowest BCUT2D eigenvalue weighted by molar-refractivity contribution is -0.124. The standard InChI is InChI=1S/C16H17NO3S/c1-11-5-3-6-13(9-11)16(19)20-10-15(18)17-12(2)14-7-4-8-21-14/h3-9,12H,10H2,1-2H3,(H,17,18)/t12-/m0/s1. The van der Waals surface area contributed by atoms with Gasteiger partial charge in [-0.2, -0.15) is 0 Å². The maximum Gasteiger partial charge on any atom is 0.338 e. The van der Waals surface area contributed by atoms with Gasteiger partial charge < -0.3 is 10.1 Å². The number of ether oxygens (including phenoxy) is 1. The van der Waals surface area contributed by atoms with Gasteiger partial charge in [-0.25, -0.2) is 4.79 Å². The molecule has 0 spiro atoms. The summed E-state index contributed by atoms with van der Waals surface area (Å²) < 4.78 is 5.02. The highest BCUT2D eigenvalue weighted by atomic mass is 32.1. The van der Waals surface area contributed by atoms with Crippen molar-refractivity contribution >= 4 is 23.2 Å². The minimum absolute atomic E-state index is 0.0878. The molecular weight excluding hydrogens is 286 g/mol. The largest absolute Gasteiger partial charge is 0.452 e. The van der Waals surface area contributed by atoms with Crippen molar-refractivity contribution in [2.24, 2.45) is 0 Å². The number of esters is 1. The Labute approximate surface area is 127 Å². The van der Waals surface area contributed by atoms with Gasteiger partial charge in [0.05, 0.1) is 11.6 Å². The molecule has 5 heteroatoms. The van der Waals surface area contributed by atoms with Crippen LogP contribution < -0.4 is 5.32 Å². The van der Waals surface area contributed by atoms with E-state index in [1.165, 1.54) is 0 Å². The van der Waals surface area contributed by atoms with Crippen molar-refractivity contribution in [1.29, 1.82) is 0 Å². The first-order valence-corrected chi connectivity index (χ1v) is 7.51. The molecule has 1 heterocycles. The average molecular weight is 303 g/mol. The van der Waals surface area contributed by atoms with Crippen molar-refractivity contribution in [2.45, 2.75) is 19.9 Å². The van der Waals surface area contributed by atoms with Crippen molar-refractivity contribution in [3.63, 3.8) is 0 Å². The Bertz CT molecular complexity index is 622. The number of rotatable bonds is 5. The third-order valence-electron chi connectivity index (χ3n) is 2.94. The second kappa shape index (κ2) is 7.04. The van der Waals surface area contributed by atoms with E-state index in [9.17, 15) is 9.59 Å². The van der Waals surface area contributed by atoms with Crippen molar-refractivity contribution < 1.29 is 14.3 Å². The molecule has 0 radical (unpaired) electrons. The van der Waals surface area contributed by atoms with Gasteiger partial charge in [0.25, 0.3) is 5.91 Å². The van der Waals surface area contributed by atoms with Gasteiger partial charge in [0.1, 0.15) is 0 Å². The third kappa shape index (κ3) is 4.43. The molecule has 0 aliphatic carbocycles. The van der Waals surface area contributed by atoms with E-state index in [-0.39, 0.29) is 18.6 Å². The SMILES string of the molecule is Cc1cccc(C(=O)OCC(=O)N[C@@H](C)c2cccs2)c1. The molecule has 0 aliphatic rings. The number of hydrogen-bond donors (Lipinski definition) is 1.